The first-order chi connectivity index (χ1) is 10.1. The zero-order chi connectivity index (χ0) is 15.2. The normalized spacial score (nSPS) is 12.4. The largest absolute Gasteiger partial charge is 0.0654 e. The molecule has 2 aromatic carbocycles. The van der Waals surface area contributed by atoms with Gasteiger partial charge in [0, 0.05) is 4.47 Å². The summed E-state index contributed by atoms with van der Waals surface area (Å²) in [5.41, 5.74) is 5.87. The lowest BCUT2D eigenvalue weighted by Crippen LogP contribution is -2.07. The van der Waals surface area contributed by atoms with Crippen LogP contribution in [0.2, 0.25) is 0 Å². The molecular weight excluding hydrogens is 320 g/mol. The number of hydrogen-bond donors (Lipinski definition) is 0. The van der Waals surface area contributed by atoms with E-state index < -0.39 is 0 Å². The van der Waals surface area contributed by atoms with Gasteiger partial charge in [0.15, 0.2) is 0 Å². The fraction of sp³-hybridized carbons (Fsp3) is 0.400. The topological polar surface area (TPSA) is 0 Å². The molecule has 0 aromatic heterocycles. The Hall–Kier alpha value is -1.08. The molecule has 0 fully saturated rings. The third kappa shape index (κ3) is 4.44. The van der Waals surface area contributed by atoms with E-state index in [-0.39, 0.29) is 0 Å². The van der Waals surface area contributed by atoms with Crippen LogP contribution in [0.5, 0.6) is 0 Å². The Morgan fingerprint density at radius 3 is 2.14 bits per heavy atom. The van der Waals surface area contributed by atoms with Gasteiger partial charge in [-0.2, -0.15) is 0 Å². The number of aryl methyl sites for hydroxylation is 2. The van der Waals surface area contributed by atoms with Crippen LogP contribution in [0.1, 0.15) is 54.4 Å². The number of unbranched alkanes of at least 4 members (excludes halogenated alkanes) is 1. The Balaban J connectivity index is 2.27. The molecule has 0 aliphatic carbocycles. The summed E-state index contributed by atoms with van der Waals surface area (Å²) < 4.78 is 1.16. The van der Waals surface area contributed by atoms with Crippen LogP contribution in [0, 0.1) is 13.8 Å². The molecule has 2 aromatic rings. The van der Waals surface area contributed by atoms with Gasteiger partial charge in [-0.15, -0.1) is 0 Å². The maximum Gasteiger partial charge on any atom is 0.0175 e. The summed E-state index contributed by atoms with van der Waals surface area (Å²) in [6, 6.07) is 15.5. The van der Waals surface area contributed by atoms with Gasteiger partial charge in [0.2, 0.25) is 0 Å². The molecule has 0 heterocycles. The van der Waals surface area contributed by atoms with Crippen LogP contribution in [0.4, 0.5) is 0 Å². The van der Waals surface area contributed by atoms with Gasteiger partial charge >= 0.3 is 0 Å². The molecule has 0 aliphatic rings. The Labute approximate surface area is 137 Å². The maximum absolute atomic E-state index is 3.52. The Morgan fingerprint density at radius 2 is 1.57 bits per heavy atom. The van der Waals surface area contributed by atoms with Gasteiger partial charge < -0.3 is 0 Å². The monoisotopic (exact) mass is 344 g/mol. The van der Waals surface area contributed by atoms with Gasteiger partial charge in [-0.05, 0) is 67.0 Å². The zero-order valence-electron chi connectivity index (χ0n) is 13.3. The second kappa shape index (κ2) is 7.79. The molecular formula is C20H25Br. The SMILES string of the molecule is CCCCC(Cc1ccc(Br)cc1)c1c(C)cccc1C. The molecule has 0 amide bonds. The van der Waals surface area contributed by atoms with Crippen LogP contribution in [0.3, 0.4) is 0 Å². The summed E-state index contributed by atoms with van der Waals surface area (Å²) in [5.74, 6) is 0.632. The van der Waals surface area contributed by atoms with Gasteiger partial charge in [0.1, 0.15) is 0 Å². The summed E-state index contributed by atoms with van der Waals surface area (Å²) in [7, 11) is 0. The van der Waals surface area contributed by atoms with Gasteiger partial charge in [-0.3, -0.25) is 0 Å². The van der Waals surface area contributed by atoms with Gasteiger partial charge in [-0.1, -0.05) is 66.0 Å². The highest BCUT2D eigenvalue weighted by Crippen LogP contribution is 2.31. The molecule has 21 heavy (non-hydrogen) atoms. The predicted octanol–water partition coefficient (Wildman–Crippen LogP) is 6.58. The van der Waals surface area contributed by atoms with E-state index in [0.29, 0.717) is 5.92 Å². The van der Waals surface area contributed by atoms with Crippen LogP contribution >= 0.6 is 15.9 Å². The van der Waals surface area contributed by atoms with Crippen molar-refractivity contribution in [2.24, 2.45) is 0 Å². The van der Waals surface area contributed by atoms with E-state index in [1.165, 1.54) is 36.0 Å². The molecule has 0 bridgehead atoms. The molecule has 0 aliphatic heterocycles. The zero-order valence-corrected chi connectivity index (χ0v) is 14.9. The quantitative estimate of drug-likeness (QED) is 0.554. The van der Waals surface area contributed by atoms with E-state index >= 15 is 0 Å². The Morgan fingerprint density at radius 1 is 0.952 bits per heavy atom. The third-order valence-electron chi connectivity index (χ3n) is 4.25. The third-order valence-corrected chi connectivity index (χ3v) is 4.78. The first-order valence-corrected chi connectivity index (χ1v) is 8.71. The average molecular weight is 345 g/mol. The van der Waals surface area contributed by atoms with E-state index in [1.54, 1.807) is 5.56 Å². The molecule has 0 radical (unpaired) electrons. The fourth-order valence-corrected chi connectivity index (χ4v) is 3.44. The van der Waals surface area contributed by atoms with Crippen molar-refractivity contribution in [2.75, 3.05) is 0 Å². The van der Waals surface area contributed by atoms with E-state index in [4.69, 9.17) is 0 Å². The van der Waals surface area contributed by atoms with E-state index in [9.17, 15) is 0 Å². The first kappa shape index (κ1) is 16.3. The van der Waals surface area contributed by atoms with Gasteiger partial charge in [0.25, 0.3) is 0 Å². The van der Waals surface area contributed by atoms with Crippen molar-refractivity contribution >= 4 is 15.9 Å². The van der Waals surface area contributed by atoms with Crippen molar-refractivity contribution in [1.82, 2.24) is 0 Å². The second-order valence-corrected chi connectivity index (χ2v) is 6.89. The smallest absolute Gasteiger partial charge is 0.0175 e. The maximum atomic E-state index is 3.52. The van der Waals surface area contributed by atoms with Crippen LogP contribution in [0.15, 0.2) is 46.9 Å². The lowest BCUT2D eigenvalue weighted by molar-refractivity contribution is 0.576. The second-order valence-electron chi connectivity index (χ2n) is 5.98. The molecule has 1 unspecified atom stereocenters. The van der Waals surface area contributed by atoms with Crippen LogP contribution in [-0.4, -0.2) is 0 Å². The summed E-state index contributed by atoms with van der Waals surface area (Å²) in [4.78, 5) is 0. The van der Waals surface area contributed by atoms with Crippen molar-refractivity contribution in [2.45, 2.75) is 52.4 Å². The highest BCUT2D eigenvalue weighted by atomic mass is 79.9. The minimum atomic E-state index is 0.632. The van der Waals surface area contributed by atoms with Crippen molar-refractivity contribution in [3.63, 3.8) is 0 Å². The van der Waals surface area contributed by atoms with Crippen molar-refractivity contribution < 1.29 is 0 Å². The standard InChI is InChI=1S/C20H25Br/c1-4-5-9-18(14-17-10-12-19(21)13-11-17)20-15(2)7-6-8-16(20)3/h6-8,10-13,18H,4-5,9,14H2,1-3H3. The van der Waals surface area contributed by atoms with Crippen LogP contribution in [-0.2, 0) is 6.42 Å². The number of rotatable bonds is 6. The van der Waals surface area contributed by atoms with Crippen LogP contribution in [0.25, 0.3) is 0 Å². The number of benzene rings is 2. The number of halogens is 1. The fourth-order valence-electron chi connectivity index (χ4n) is 3.18. The van der Waals surface area contributed by atoms with Gasteiger partial charge in [0.05, 0.1) is 0 Å². The first-order valence-electron chi connectivity index (χ1n) is 7.92. The van der Waals surface area contributed by atoms with E-state index in [1.807, 2.05) is 0 Å². The summed E-state index contributed by atoms with van der Waals surface area (Å²) in [5, 5.41) is 0. The van der Waals surface area contributed by atoms with Crippen molar-refractivity contribution in [3.8, 4) is 0 Å². The lowest BCUT2D eigenvalue weighted by atomic mass is 9.83. The summed E-state index contributed by atoms with van der Waals surface area (Å²) in [6.07, 6.45) is 4.98. The van der Waals surface area contributed by atoms with Gasteiger partial charge in [-0.25, -0.2) is 0 Å². The lowest BCUT2D eigenvalue weighted by Gasteiger charge is -2.22. The molecule has 1 atom stereocenters. The molecule has 0 N–H and O–H groups in total. The Bertz CT molecular complexity index is 549. The molecule has 0 saturated heterocycles. The molecule has 0 spiro atoms. The summed E-state index contributed by atoms with van der Waals surface area (Å²) >= 11 is 3.52. The molecule has 112 valence electrons. The molecule has 2 rings (SSSR count). The highest BCUT2D eigenvalue weighted by molar-refractivity contribution is 9.10. The van der Waals surface area contributed by atoms with E-state index in [2.05, 4.69) is 79.2 Å². The predicted molar refractivity (Wildman–Crippen MR) is 96.0 cm³/mol. The minimum Gasteiger partial charge on any atom is -0.0654 e. The van der Waals surface area contributed by atoms with Crippen LogP contribution < -0.4 is 0 Å². The molecule has 0 saturated carbocycles. The van der Waals surface area contributed by atoms with Crippen molar-refractivity contribution in [3.05, 3.63) is 69.2 Å². The van der Waals surface area contributed by atoms with Crippen molar-refractivity contribution in [1.29, 1.82) is 0 Å². The van der Waals surface area contributed by atoms with E-state index in [0.717, 1.165) is 10.9 Å². The average Bonchev–Trinajstić information content (AvgIpc) is 2.46. The molecule has 1 heteroatoms. The number of hydrogen-bond acceptors (Lipinski definition) is 0. The highest BCUT2D eigenvalue weighted by Gasteiger charge is 2.16. The minimum absolute atomic E-state index is 0.632. The Kier molecular flexibility index (Phi) is 6.05. The molecule has 0 nitrogen and oxygen atoms in total. The summed E-state index contributed by atoms with van der Waals surface area (Å²) in [6.45, 7) is 6.78.